The maximum atomic E-state index is 5.61. The molecule has 3 N–H and O–H groups in total. The van der Waals surface area contributed by atoms with E-state index in [9.17, 15) is 0 Å². The van der Waals surface area contributed by atoms with Crippen LogP contribution < -0.4 is 5.73 Å². The highest BCUT2D eigenvalue weighted by Gasteiger charge is 2.12. The van der Waals surface area contributed by atoms with Crippen LogP contribution in [0.4, 0.5) is 0 Å². The van der Waals surface area contributed by atoms with Crippen LogP contribution in [0.15, 0.2) is 36.0 Å². The van der Waals surface area contributed by atoms with Crippen LogP contribution in [0.1, 0.15) is 5.69 Å². The number of aromatic amines is 1. The van der Waals surface area contributed by atoms with E-state index in [0.717, 1.165) is 17.6 Å². The zero-order valence-electron chi connectivity index (χ0n) is 9.31. The van der Waals surface area contributed by atoms with E-state index in [0.29, 0.717) is 6.54 Å². The molecule has 2 heterocycles. The van der Waals surface area contributed by atoms with Crippen LogP contribution in [0.3, 0.4) is 0 Å². The average Bonchev–Trinajstić information content (AvgIpc) is 2.95. The fourth-order valence-corrected chi connectivity index (χ4v) is 2.93. The van der Waals surface area contributed by atoms with Gasteiger partial charge in [-0.25, -0.2) is 4.98 Å². The van der Waals surface area contributed by atoms with E-state index in [1.807, 2.05) is 11.6 Å². The highest BCUT2D eigenvalue weighted by Crippen LogP contribution is 2.33. The summed E-state index contributed by atoms with van der Waals surface area (Å²) in [6.07, 6.45) is 2.89. The minimum atomic E-state index is 0.638. The van der Waals surface area contributed by atoms with Crippen LogP contribution in [0.2, 0.25) is 0 Å². The summed E-state index contributed by atoms with van der Waals surface area (Å²) in [5.74, 6) is 0. The van der Waals surface area contributed by atoms with Gasteiger partial charge < -0.3 is 10.7 Å². The largest absolute Gasteiger partial charge is 0.361 e. The van der Waals surface area contributed by atoms with Gasteiger partial charge in [0.15, 0.2) is 0 Å². The molecule has 0 unspecified atom stereocenters. The molecule has 3 rings (SSSR count). The number of H-pyrrole nitrogens is 1. The van der Waals surface area contributed by atoms with Crippen molar-refractivity contribution >= 4 is 22.2 Å². The molecule has 0 saturated heterocycles. The molecular weight excluding hydrogens is 230 g/mol. The van der Waals surface area contributed by atoms with Crippen molar-refractivity contribution in [3.63, 3.8) is 0 Å². The molecule has 0 aliphatic carbocycles. The molecule has 86 valence electrons. The molecule has 0 aliphatic heterocycles. The number of para-hydroxylation sites is 1. The first-order valence-electron chi connectivity index (χ1n) is 5.59. The molecular formula is C13H13N3S. The predicted molar refractivity (Wildman–Crippen MR) is 72.2 cm³/mol. The highest BCUT2D eigenvalue weighted by molar-refractivity contribution is 7.13. The smallest absolute Gasteiger partial charge is 0.0801 e. The van der Waals surface area contributed by atoms with Crippen molar-refractivity contribution in [1.29, 1.82) is 0 Å². The summed E-state index contributed by atoms with van der Waals surface area (Å²) in [5, 5.41) is 1.25. The molecule has 0 saturated carbocycles. The minimum Gasteiger partial charge on any atom is -0.361 e. The van der Waals surface area contributed by atoms with Crippen LogP contribution >= 0.6 is 11.3 Å². The number of hydrogen-bond donors (Lipinski definition) is 2. The Morgan fingerprint density at radius 3 is 3.06 bits per heavy atom. The summed E-state index contributed by atoms with van der Waals surface area (Å²) in [6, 6.07) is 8.31. The number of thiazole rings is 1. The molecule has 3 nitrogen and oxygen atoms in total. The first-order chi connectivity index (χ1) is 8.40. The summed E-state index contributed by atoms with van der Waals surface area (Å²) in [7, 11) is 0. The van der Waals surface area contributed by atoms with Gasteiger partial charge in [-0.3, -0.25) is 0 Å². The Kier molecular flexibility index (Phi) is 2.66. The van der Waals surface area contributed by atoms with E-state index in [2.05, 4.69) is 34.4 Å². The lowest BCUT2D eigenvalue weighted by Gasteiger charge is -1.99. The zero-order valence-corrected chi connectivity index (χ0v) is 10.1. The fraction of sp³-hybridized carbons (Fsp3) is 0.154. The summed E-state index contributed by atoms with van der Waals surface area (Å²) in [4.78, 5) is 8.92. The number of nitrogens with two attached hydrogens (primary N) is 1. The third kappa shape index (κ3) is 1.75. The lowest BCUT2D eigenvalue weighted by atomic mass is 10.1. The molecule has 0 fully saturated rings. The number of hydrogen-bond acceptors (Lipinski definition) is 3. The quantitative estimate of drug-likeness (QED) is 0.743. The molecule has 3 aromatic rings. The third-order valence-electron chi connectivity index (χ3n) is 2.86. The predicted octanol–water partition coefficient (Wildman–Crippen LogP) is 2.79. The summed E-state index contributed by atoms with van der Waals surface area (Å²) in [6.45, 7) is 0.638. The molecule has 17 heavy (non-hydrogen) atoms. The van der Waals surface area contributed by atoms with Crippen molar-refractivity contribution in [2.24, 2.45) is 5.73 Å². The van der Waals surface area contributed by atoms with Gasteiger partial charge in [0.1, 0.15) is 0 Å². The number of nitrogens with one attached hydrogen (secondary N) is 1. The van der Waals surface area contributed by atoms with Crippen LogP contribution in [0.25, 0.3) is 21.3 Å². The van der Waals surface area contributed by atoms with Gasteiger partial charge in [-0.1, -0.05) is 18.2 Å². The summed E-state index contributed by atoms with van der Waals surface area (Å²) >= 11 is 1.68. The van der Waals surface area contributed by atoms with Crippen molar-refractivity contribution in [3.8, 4) is 10.4 Å². The van der Waals surface area contributed by atoms with Crippen molar-refractivity contribution < 1.29 is 0 Å². The van der Waals surface area contributed by atoms with E-state index < -0.39 is 0 Å². The van der Waals surface area contributed by atoms with Gasteiger partial charge in [-0.05, 0) is 12.6 Å². The van der Waals surface area contributed by atoms with E-state index in [1.54, 1.807) is 11.3 Å². The van der Waals surface area contributed by atoms with Gasteiger partial charge in [0.2, 0.25) is 0 Å². The zero-order chi connectivity index (χ0) is 11.7. The standard InChI is InChI=1S/C13H13N3S/c14-6-5-12-13(17-8-16-12)10-7-15-11-4-2-1-3-9(10)11/h1-4,7-8,15H,5-6,14H2. The van der Waals surface area contributed by atoms with Crippen LogP contribution in [0.5, 0.6) is 0 Å². The first-order valence-corrected chi connectivity index (χ1v) is 6.47. The lowest BCUT2D eigenvalue weighted by Crippen LogP contribution is -2.03. The molecule has 0 atom stereocenters. The van der Waals surface area contributed by atoms with E-state index in [4.69, 9.17) is 5.73 Å². The van der Waals surface area contributed by atoms with Gasteiger partial charge in [-0.15, -0.1) is 11.3 Å². The average molecular weight is 243 g/mol. The molecule has 2 aromatic heterocycles. The fourth-order valence-electron chi connectivity index (χ4n) is 2.06. The number of fused-ring (bicyclic) bond motifs is 1. The van der Waals surface area contributed by atoms with E-state index >= 15 is 0 Å². The number of benzene rings is 1. The molecule has 1 aromatic carbocycles. The van der Waals surface area contributed by atoms with Gasteiger partial charge in [0.25, 0.3) is 0 Å². The van der Waals surface area contributed by atoms with Crippen molar-refractivity contribution in [3.05, 3.63) is 41.7 Å². The second kappa shape index (κ2) is 4.31. The van der Waals surface area contributed by atoms with E-state index in [1.165, 1.54) is 15.8 Å². The van der Waals surface area contributed by atoms with Crippen molar-refractivity contribution in [2.75, 3.05) is 6.54 Å². The van der Waals surface area contributed by atoms with Crippen LogP contribution in [0, 0.1) is 0 Å². The van der Waals surface area contributed by atoms with Gasteiger partial charge in [0, 0.05) is 29.1 Å². The Hall–Kier alpha value is -1.65. The van der Waals surface area contributed by atoms with Crippen LogP contribution in [-0.4, -0.2) is 16.5 Å². The molecule has 4 heteroatoms. The lowest BCUT2D eigenvalue weighted by molar-refractivity contribution is 0.937. The van der Waals surface area contributed by atoms with E-state index in [-0.39, 0.29) is 0 Å². The first kappa shape index (κ1) is 10.5. The molecule has 0 bridgehead atoms. The number of aromatic nitrogens is 2. The summed E-state index contributed by atoms with van der Waals surface area (Å²) < 4.78 is 0. The van der Waals surface area contributed by atoms with Crippen LogP contribution in [-0.2, 0) is 6.42 Å². The van der Waals surface area contributed by atoms with Crippen molar-refractivity contribution in [2.45, 2.75) is 6.42 Å². The Morgan fingerprint density at radius 1 is 1.29 bits per heavy atom. The maximum Gasteiger partial charge on any atom is 0.0801 e. The molecule has 0 aliphatic rings. The highest BCUT2D eigenvalue weighted by atomic mass is 32.1. The monoisotopic (exact) mass is 243 g/mol. The number of nitrogens with zero attached hydrogens (tertiary/aromatic N) is 1. The Labute approximate surface area is 103 Å². The van der Waals surface area contributed by atoms with Gasteiger partial charge in [-0.2, -0.15) is 0 Å². The maximum absolute atomic E-state index is 5.61. The third-order valence-corrected chi connectivity index (χ3v) is 3.76. The van der Waals surface area contributed by atoms with Gasteiger partial charge in [0.05, 0.1) is 16.1 Å². The second-order valence-electron chi connectivity index (χ2n) is 3.91. The minimum absolute atomic E-state index is 0.638. The summed E-state index contributed by atoms with van der Waals surface area (Å²) in [5.41, 5.74) is 11.0. The normalized spacial score (nSPS) is 11.1. The van der Waals surface area contributed by atoms with Crippen molar-refractivity contribution in [1.82, 2.24) is 9.97 Å². The Bertz CT molecular complexity index is 639. The van der Waals surface area contributed by atoms with Gasteiger partial charge >= 0.3 is 0 Å². The number of rotatable bonds is 3. The topological polar surface area (TPSA) is 54.7 Å². The molecule has 0 radical (unpaired) electrons. The Morgan fingerprint density at radius 2 is 2.18 bits per heavy atom. The SMILES string of the molecule is NCCc1ncsc1-c1c[nH]c2ccccc12. The molecule has 0 amide bonds. The second-order valence-corrected chi connectivity index (χ2v) is 4.77. The Balaban J connectivity index is 2.17. The molecule has 0 spiro atoms.